The minimum Gasteiger partial charge on any atom is -0.454 e. The van der Waals surface area contributed by atoms with E-state index in [9.17, 15) is 9.59 Å². The van der Waals surface area contributed by atoms with Crippen molar-refractivity contribution in [2.24, 2.45) is 0 Å². The van der Waals surface area contributed by atoms with Crippen LogP contribution in [-0.4, -0.2) is 67.8 Å². The van der Waals surface area contributed by atoms with Gasteiger partial charge in [0.25, 0.3) is 11.8 Å². The van der Waals surface area contributed by atoms with Crippen molar-refractivity contribution in [3.05, 3.63) is 59.8 Å². The number of anilines is 1. The van der Waals surface area contributed by atoms with Gasteiger partial charge in [-0.15, -0.1) is 0 Å². The maximum absolute atomic E-state index is 13.3. The molecule has 8 heteroatoms. The van der Waals surface area contributed by atoms with Crippen LogP contribution in [0.3, 0.4) is 0 Å². The molecule has 0 aliphatic carbocycles. The lowest BCUT2D eigenvalue weighted by molar-refractivity contribution is -0.137. The standard InChI is InChI=1S/C23H23N3O5/c27-22-20(16-4-2-1-3-5-16)21(24-17-6-7-18-19(14-17)31-15-30-18)23(28)26(22)9-8-25-10-12-29-13-11-25/h1-7,14,24H,8-13,15H2. The molecule has 0 atom stereocenters. The second-order valence-electron chi connectivity index (χ2n) is 7.53. The Morgan fingerprint density at radius 2 is 1.65 bits per heavy atom. The summed E-state index contributed by atoms with van der Waals surface area (Å²) in [4.78, 5) is 30.1. The van der Waals surface area contributed by atoms with Crippen LogP contribution in [0.5, 0.6) is 11.5 Å². The number of rotatable bonds is 6. The average Bonchev–Trinajstić information content (AvgIpc) is 3.36. The summed E-state index contributed by atoms with van der Waals surface area (Å²) in [7, 11) is 0. The van der Waals surface area contributed by atoms with E-state index < -0.39 is 0 Å². The van der Waals surface area contributed by atoms with E-state index in [1.807, 2.05) is 30.3 Å². The SMILES string of the molecule is O=C1C(Nc2ccc3c(c2)OCO3)=C(c2ccccc2)C(=O)N1CCN1CCOCC1. The minimum absolute atomic E-state index is 0.170. The van der Waals surface area contributed by atoms with Crippen LogP contribution in [0.25, 0.3) is 5.57 Å². The Morgan fingerprint density at radius 3 is 2.45 bits per heavy atom. The monoisotopic (exact) mass is 421 g/mol. The predicted molar refractivity (Wildman–Crippen MR) is 114 cm³/mol. The molecule has 3 aliphatic heterocycles. The van der Waals surface area contributed by atoms with Gasteiger partial charge in [0.2, 0.25) is 6.79 Å². The fourth-order valence-electron chi connectivity index (χ4n) is 3.95. The lowest BCUT2D eigenvalue weighted by Gasteiger charge is -2.28. The van der Waals surface area contributed by atoms with E-state index in [0.717, 1.165) is 13.1 Å². The van der Waals surface area contributed by atoms with Crippen molar-refractivity contribution in [2.75, 3.05) is 51.5 Å². The minimum atomic E-state index is -0.324. The predicted octanol–water partition coefficient (Wildman–Crippen LogP) is 1.94. The zero-order chi connectivity index (χ0) is 21.2. The molecule has 2 aromatic carbocycles. The second kappa shape index (κ2) is 8.41. The van der Waals surface area contributed by atoms with Crippen molar-refractivity contribution in [1.82, 2.24) is 9.80 Å². The van der Waals surface area contributed by atoms with E-state index in [2.05, 4.69) is 10.2 Å². The number of morpholine rings is 1. The number of amides is 2. The molecule has 1 saturated heterocycles. The summed E-state index contributed by atoms with van der Waals surface area (Å²) >= 11 is 0. The molecule has 0 saturated carbocycles. The quantitative estimate of drug-likeness (QED) is 0.714. The zero-order valence-electron chi connectivity index (χ0n) is 17.0. The second-order valence-corrected chi connectivity index (χ2v) is 7.53. The molecule has 8 nitrogen and oxygen atoms in total. The molecule has 2 aromatic rings. The van der Waals surface area contributed by atoms with E-state index in [1.165, 1.54) is 4.90 Å². The highest BCUT2D eigenvalue weighted by Crippen LogP contribution is 2.36. The van der Waals surface area contributed by atoms with Gasteiger partial charge in [-0.25, -0.2) is 0 Å². The van der Waals surface area contributed by atoms with Gasteiger partial charge in [0.1, 0.15) is 5.70 Å². The number of hydrogen-bond donors (Lipinski definition) is 1. The number of carbonyl (C=O) groups excluding carboxylic acids is 2. The van der Waals surface area contributed by atoms with Gasteiger partial charge in [0.15, 0.2) is 11.5 Å². The number of hydrogen-bond acceptors (Lipinski definition) is 7. The highest BCUT2D eigenvalue weighted by molar-refractivity contribution is 6.36. The first-order valence-electron chi connectivity index (χ1n) is 10.3. The third-order valence-corrected chi connectivity index (χ3v) is 5.62. The van der Waals surface area contributed by atoms with Crippen molar-refractivity contribution in [3.63, 3.8) is 0 Å². The van der Waals surface area contributed by atoms with Gasteiger partial charge in [-0.2, -0.15) is 0 Å². The third-order valence-electron chi connectivity index (χ3n) is 5.62. The number of carbonyl (C=O) groups is 2. The van der Waals surface area contributed by atoms with Crippen LogP contribution < -0.4 is 14.8 Å². The summed E-state index contributed by atoms with van der Waals surface area (Å²) in [6, 6.07) is 14.6. The average molecular weight is 421 g/mol. The number of nitrogens with one attached hydrogen (secondary N) is 1. The van der Waals surface area contributed by atoms with Gasteiger partial charge >= 0.3 is 0 Å². The molecule has 31 heavy (non-hydrogen) atoms. The smallest absolute Gasteiger partial charge is 0.278 e. The van der Waals surface area contributed by atoms with Crippen LogP contribution in [0.2, 0.25) is 0 Å². The van der Waals surface area contributed by atoms with Crippen molar-refractivity contribution in [2.45, 2.75) is 0 Å². The first kappa shape index (κ1) is 19.6. The molecule has 3 aliphatic rings. The molecule has 5 rings (SSSR count). The molecule has 1 fully saturated rings. The maximum atomic E-state index is 13.3. The highest BCUT2D eigenvalue weighted by Gasteiger charge is 2.39. The molecule has 0 radical (unpaired) electrons. The van der Waals surface area contributed by atoms with Gasteiger partial charge < -0.3 is 19.5 Å². The Bertz CT molecular complexity index is 1030. The molecule has 0 unspecified atom stereocenters. The van der Waals surface area contributed by atoms with Gasteiger partial charge in [-0.05, 0) is 17.7 Å². The molecule has 160 valence electrons. The number of imide groups is 1. The molecular weight excluding hydrogens is 398 g/mol. The van der Waals surface area contributed by atoms with Gasteiger partial charge in [0, 0.05) is 37.9 Å². The van der Waals surface area contributed by atoms with E-state index in [0.29, 0.717) is 54.6 Å². The molecule has 0 spiro atoms. The Hall–Kier alpha value is -3.36. The fourth-order valence-corrected chi connectivity index (χ4v) is 3.95. The molecule has 0 aromatic heterocycles. The number of nitrogens with zero attached hydrogens (tertiary/aromatic N) is 2. The van der Waals surface area contributed by atoms with Gasteiger partial charge in [0.05, 0.1) is 18.8 Å². The third kappa shape index (κ3) is 3.87. The van der Waals surface area contributed by atoms with Gasteiger partial charge in [-0.3, -0.25) is 19.4 Å². The first-order valence-corrected chi connectivity index (χ1v) is 10.3. The van der Waals surface area contributed by atoms with E-state index in [-0.39, 0.29) is 24.3 Å². The van der Waals surface area contributed by atoms with Crippen molar-refractivity contribution >= 4 is 23.1 Å². The summed E-state index contributed by atoms with van der Waals surface area (Å²) in [5.41, 5.74) is 2.02. The maximum Gasteiger partial charge on any atom is 0.278 e. The van der Waals surface area contributed by atoms with Crippen molar-refractivity contribution in [3.8, 4) is 11.5 Å². The Kier molecular flexibility index (Phi) is 5.31. The molecule has 2 amide bonds. The number of fused-ring (bicyclic) bond motifs is 1. The number of ether oxygens (including phenoxy) is 3. The van der Waals surface area contributed by atoms with Crippen LogP contribution in [0, 0.1) is 0 Å². The lowest BCUT2D eigenvalue weighted by Crippen LogP contribution is -2.43. The van der Waals surface area contributed by atoms with Crippen LogP contribution in [0.4, 0.5) is 5.69 Å². The zero-order valence-corrected chi connectivity index (χ0v) is 17.0. The van der Waals surface area contributed by atoms with Crippen LogP contribution >= 0.6 is 0 Å². The summed E-state index contributed by atoms with van der Waals surface area (Å²) < 4.78 is 16.2. The molecule has 1 N–H and O–H groups in total. The first-order chi connectivity index (χ1) is 15.2. The Labute approximate surface area is 180 Å². The topological polar surface area (TPSA) is 80.3 Å². The molecular formula is C23H23N3O5. The van der Waals surface area contributed by atoms with Crippen molar-refractivity contribution < 1.29 is 23.8 Å². The summed E-state index contributed by atoms with van der Waals surface area (Å²) in [5, 5.41) is 3.17. The Balaban J connectivity index is 1.42. The largest absolute Gasteiger partial charge is 0.454 e. The van der Waals surface area contributed by atoms with E-state index in [4.69, 9.17) is 14.2 Å². The molecule has 3 heterocycles. The normalized spacial score (nSPS) is 18.8. The summed E-state index contributed by atoms with van der Waals surface area (Å²) in [6.45, 7) is 4.08. The van der Waals surface area contributed by atoms with Crippen LogP contribution in [0.1, 0.15) is 5.56 Å². The van der Waals surface area contributed by atoms with Crippen molar-refractivity contribution in [1.29, 1.82) is 0 Å². The van der Waals surface area contributed by atoms with Crippen LogP contribution in [0.15, 0.2) is 54.2 Å². The highest BCUT2D eigenvalue weighted by atomic mass is 16.7. The van der Waals surface area contributed by atoms with Crippen LogP contribution in [-0.2, 0) is 14.3 Å². The van der Waals surface area contributed by atoms with Gasteiger partial charge in [-0.1, -0.05) is 30.3 Å². The number of benzene rings is 2. The van der Waals surface area contributed by atoms with E-state index >= 15 is 0 Å². The Morgan fingerprint density at radius 1 is 0.871 bits per heavy atom. The summed E-state index contributed by atoms with van der Waals surface area (Å²) in [6.07, 6.45) is 0. The molecule has 0 bridgehead atoms. The fraction of sp³-hybridized carbons (Fsp3) is 0.304. The summed E-state index contributed by atoms with van der Waals surface area (Å²) in [5.74, 6) is 0.652. The van der Waals surface area contributed by atoms with E-state index in [1.54, 1.807) is 18.2 Å². The lowest BCUT2D eigenvalue weighted by atomic mass is 10.0.